The van der Waals surface area contributed by atoms with Gasteiger partial charge in [-0.05, 0) is 24.8 Å². The maximum atomic E-state index is 11.9. The molecule has 0 heterocycles. The third kappa shape index (κ3) is 6.40. The molecule has 0 saturated heterocycles. The lowest BCUT2D eigenvalue weighted by atomic mass is 10.0. The van der Waals surface area contributed by atoms with Crippen LogP contribution in [0.5, 0.6) is 0 Å². The van der Waals surface area contributed by atoms with E-state index in [1.165, 1.54) is 0 Å². The number of carbonyl (C=O) groups excluding carboxylic acids is 2. The molecule has 2 amide bonds. The molecule has 21 heavy (non-hydrogen) atoms. The average Bonchev–Trinajstić information content (AvgIpc) is 2.44. The molecule has 0 aliphatic heterocycles. The van der Waals surface area contributed by atoms with Gasteiger partial charge >= 0.3 is 0 Å². The molecule has 116 valence electrons. The van der Waals surface area contributed by atoms with E-state index in [0.29, 0.717) is 18.9 Å². The highest BCUT2D eigenvalue weighted by molar-refractivity contribution is 5.89. The van der Waals surface area contributed by atoms with Gasteiger partial charge in [-0.1, -0.05) is 44.2 Å². The Labute approximate surface area is 126 Å². The van der Waals surface area contributed by atoms with Crippen molar-refractivity contribution in [2.24, 2.45) is 11.7 Å². The lowest BCUT2D eigenvalue weighted by Gasteiger charge is -2.18. The summed E-state index contributed by atoms with van der Waals surface area (Å²) in [5, 5.41) is 5.43. The number of benzene rings is 1. The fraction of sp³-hybridized carbons (Fsp3) is 0.500. The van der Waals surface area contributed by atoms with Crippen molar-refractivity contribution in [1.82, 2.24) is 10.6 Å². The molecular weight excluding hydrogens is 266 g/mol. The van der Waals surface area contributed by atoms with E-state index in [9.17, 15) is 9.59 Å². The third-order valence-electron chi connectivity index (χ3n) is 3.12. The smallest absolute Gasteiger partial charge is 0.242 e. The largest absolute Gasteiger partial charge is 0.350 e. The molecule has 1 unspecified atom stereocenters. The van der Waals surface area contributed by atoms with E-state index in [1.807, 2.05) is 44.2 Å². The van der Waals surface area contributed by atoms with Crippen LogP contribution in [0.25, 0.3) is 0 Å². The first-order chi connectivity index (χ1) is 9.90. The summed E-state index contributed by atoms with van der Waals surface area (Å²) in [6.07, 6.45) is 0.601. The molecule has 0 bridgehead atoms. The number of carbonyl (C=O) groups is 2. The molecule has 4 N–H and O–H groups in total. The molecule has 0 saturated carbocycles. The van der Waals surface area contributed by atoms with Gasteiger partial charge in [-0.25, -0.2) is 0 Å². The molecular formula is C16H25N3O2. The quantitative estimate of drug-likeness (QED) is 0.705. The summed E-state index contributed by atoms with van der Waals surface area (Å²) < 4.78 is 0. The Morgan fingerprint density at radius 2 is 1.71 bits per heavy atom. The Balaban J connectivity index is 2.38. The van der Waals surface area contributed by atoms with Crippen LogP contribution < -0.4 is 16.4 Å². The Morgan fingerprint density at radius 1 is 1.10 bits per heavy atom. The van der Waals surface area contributed by atoms with Gasteiger partial charge in [-0.15, -0.1) is 0 Å². The molecule has 1 rings (SSSR count). The Morgan fingerprint density at radius 3 is 2.29 bits per heavy atom. The molecule has 5 nitrogen and oxygen atoms in total. The van der Waals surface area contributed by atoms with Crippen LogP contribution in [0, 0.1) is 5.92 Å². The molecule has 1 aromatic rings. The second kappa shape index (κ2) is 8.42. The molecule has 1 aromatic carbocycles. The monoisotopic (exact) mass is 291 g/mol. The number of hydrogen-bond donors (Lipinski definition) is 3. The summed E-state index contributed by atoms with van der Waals surface area (Å²) in [6.45, 7) is 6.10. The summed E-state index contributed by atoms with van der Waals surface area (Å²) >= 11 is 0. The predicted octanol–water partition coefficient (Wildman–Crippen LogP) is 1.18. The minimum atomic E-state index is -0.598. The average molecular weight is 291 g/mol. The summed E-state index contributed by atoms with van der Waals surface area (Å²) in [4.78, 5) is 23.8. The first-order valence-electron chi connectivity index (χ1n) is 7.27. The maximum Gasteiger partial charge on any atom is 0.242 e. The number of amides is 2. The molecule has 0 fully saturated rings. The van der Waals surface area contributed by atoms with Gasteiger partial charge in [0.2, 0.25) is 11.8 Å². The molecule has 2 atom stereocenters. The first kappa shape index (κ1) is 17.2. The second-order valence-corrected chi connectivity index (χ2v) is 5.67. The van der Waals surface area contributed by atoms with E-state index in [-0.39, 0.29) is 11.8 Å². The number of nitrogens with two attached hydrogens (primary N) is 1. The zero-order valence-corrected chi connectivity index (χ0v) is 12.9. The third-order valence-corrected chi connectivity index (χ3v) is 3.12. The molecule has 0 aliphatic carbocycles. The van der Waals surface area contributed by atoms with Crippen LogP contribution in [0.3, 0.4) is 0 Å². The normalized spacial score (nSPS) is 13.6. The highest BCUT2D eigenvalue weighted by atomic mass is 16.2. The van der Waals surface area contributed by atoms with Gasteiger partial charge < -0.3 is 16.4 Å². The highest BCUT2D eigenvalue weighted by Gasteiger charge is 2.20. The zero-order chi connectivity index (χ0) is 15.8. The van der Waals surface area contributed by atoms with Gasteiger partial charge in [0.1, 0.15) is 6.04 Å². The van der Waals surface area contributed by atoms with E-state index in [0.717, 1.165) is 5.56 Å². The van der Waals surface area contributed by atoms with Crippen molar-refractivity contribution < 1.29 is 9.59 Å². The molecule has 0 aliphatic rings. The summed E-state index contributed by atoms with van der Waals surface area (Å²) in [7, 11) is 0. The predicted molar refractivity (Wildman–Crippen MR) is 83.3 cm³/mol. The highest BCUT2D eigenvalue weighted by Crippen LogP contribution is 2.03. The van der Waals surface area contributed by atoms with Gasteiger partial charge in [0.25, 0.3) is 0 Å². The van der Waals surface area contributed by atoms with Crippen molar-refractivity contribution in [2.45, 2.75) is 45.8 Å². The van der Waals surface area contributed by atoms with Crippen LogP contribution >= 0.6 is 0 Å². The summed E-state index contributed by atoms with van der Waals surface area (Å²) in [5.74, 6) is -0.164. The van der Waals surface area contributed by atoms with Crippen LogP contribution in [0.1, 0.15) is 32.8 Å². The van der Waals surface area contributed by atoms with Crippen molar-refractivity contribution in [1.29, 1.82) is 0 Å². The lowest BCUT2D eigenvalue weighted by molar-refractivity contribution is -0.129. The molecule has 0 spiro atoms. The van der Waals surface area contributed by atoms with Gasteiger partial charge in [0.05, 0.1) is 6.04 Å². The maximum absolute atomic E-state index is 11.9. The summed E-state index contributed by atoms with van der Waals surface area (Å²) in [6, 6.07) is 8.44. The van der Waals surface area contributed by atoms with Crippen LogP contribution in [0.4, 0.5) is 0 Å². The minimum absolute atomic E-state index is 0.219. The fourth-order valence-electron chi connectivity index (χ4n) is 1.94. The van der Waals surface area contributed by atoms with Gasteiger partial charge in [-0.3, -0.25) is 9.59 Å². The van der Waals surface area contributed by atoms with Crippen molar-refractivity contribution in [3.05, 3.63) is 35.9 Å². The molecule has 0 aromatic heterocycles. The van der Waals surface area contributed by atoms with Crippen LogP contribution in [0.15, 0.2) is 30.3 Å². The van der Waals surface area contributed by atoms with Crippen molar-refractivity contribution >= 4 is 11.8 Å². The van der Waals surface area contributed by atoms with Gasteiger partial charge in [0.15, 0.2) is 0 Å². The van der Waals surface area contributed by atoms with Crippen molar-refractivity contribution in [2.75, 3.05) is 0 Å². The fourth-order valence-corrected chi connectivity index (χ4v) is 1.94. The van der Waals surface area contributed by atoms with Crippen LogP contribution in [-0.4, -0.2) is 23.9 Å². The molecule has 5 heteroatoms. The van der Waals surface area contributed by atoms with Crippen LogP contribution in [-0.2, 0) is 16.1 Å². The molecule has 0 radical (unpaired) electrons. The topological polar surface area (TPSA) is 84.2 Å². The Bertz CT molecular complexity index is 460. The Kier molecular flexibility index (Phi) is 6.88. The van der Waals surface area contributed by atoms with E-state index in [2.05, 4.69) is 10.6 Å². The van der Waals surface area contributed by atoms with E-state index < -0.39 is 12.1 Å². The zero-order valence-electron chi connectivity index (χ0n) is 12.9. The van der Waals surface area contributed by atoms with Gasteiger partial charge in [0, 0.05) is 6.54 Å². The number of hydrogen-bond acceptors (Lipinski definition) is 3. The first-order valence-corrected chi connectivity index (χ1v) is 7.27. The van der Waals surface area contributed by atoms with Crippen molar-refractivity contribution in [3.8, 4) is 0 Å². The summed E-state index contributed by atoms with van der Waals surface area (Å²) in [5.41, 5.74) is 6.80. The SMILES string of the molecule is CC(C)C[C@H](N)C(=O)NC(C)C(=O)NCc1ccccc1. The van der Waals surface area contributed by atoms with E-state index in [1.54, 1.807) is 6.92 Å². The number of rotatable bonds is 7. The standard InChI is InChI=1S/C16H25N3O2/c1-11(2)9-14(17)16(21)19-12(3)15(20)18-10-13-7-5-4-6-8-13/h4-8,11-12,14H,9-10,17H2,1-3H3,(H,18,20)(H,19,21)/t12?,14-/m0/s1. The van der Waals surface area contributed by atoms with Crippen LogP contribution in [0.2, 0.25) is 0 Å². The number of nitrogens with one attached hydrogen (secondary N) is 2. The minimum Gasteiger partial charge on any atom is -0.350 e. The van der Waals surface area contributed by atoms with E-state index in [4.69, 9.17) is 5.73 Å². The van der Waals surface area contributed by atoms with Gasteiger partial charge in [-0.2, -0.15) is 0 Å². The Hall–Kier alpha value is -1.88. The van der Waals surface area contributed by atoms with E-state index >= 15 is 0 Å². The van der Waals surface area contributed by atoms with Crippen molar-refractivity contribution in [3.63, 3.8) is 0 Å². The second-order valence-electron chi connectivity index (χ2n) is 5.67. The lowest BCUT2D eigenvalue weighted by Crippen LogP contribution is -2.50.